The molecule has 1 rings (SSSR count). The third kappa shape index (κ3) is 4.68. The van der Waals surface area contributed by atoms with Crippen LogP contribution in [0.3, 0.4) is 0 Å². The Hall–Kier alpha value is -1.84. The topological polar surface area (TPSA) is 55.4 Å². The van der Waals surface area contributed by atoms with Crippen LogP contribution >= 0.6 is 0 Å². The van der Waals surface area contributed by atoms with E-state index >= 15 is 0 Å². The molecule has 4 nitrogen and oxygen atoms in total. The Bertz CT molecular complexity index is 376. The molecule has 92 valence electrons. The molecule has 0 saturated heterocycles. The maximum absolute atomic E-state index is 11.5. The highest BCUT2D eigenvalue weighted by Crippen LogP contribution is 2.11. The van der Waals surface area contributed by atoms with Crippen LogP contribution in [-0.2, 0) is 14.3 Å². The molecule has 0 spiro atoms. The second-order valence-electron chi connectivity index (χ2n) is 3.78. The summed E-state index contributed by atoms with van der Waals surface area (Å²) < 4.78 is 4.47. The number of carbonyl (C=O) groups excluding carboxylic acids is 2. The summed E-state index contributed by atoms with van der Waals surface area (Å²) in [6.07, 6.45) is 0.272. The number of methoxy groups -OCH3 is 1. The van der Waals surface area contributed by atoms with Gasteiger partial charge in [-0.25, -0.2) is 0 Å². The lowest BCUT2D eigenvalue weighted by molar-refractivity contribution is -0.142. The summed E-state index contributed by atoms with van der Waals surface area (Å²) in [6.45, 7) is 1.91. The molecule has 0 aliphatic heterocycles. The summed E-state index contributed by atoms with van der Waals surface area (Å²) in [6, 6.07) is 9.62. The van der Waals surface area contributed by atoms with Gasteiger partial charge < -0.3 is 10.1 Å². The lowest BCUT2D eigenvalue weighted by Gasteiger charge is -2.13. The third-order valence-corrected chi connectivity index (χ3v) is 2.46. The number of ether oxygens (including phenoxy) is 1. The van der Waals surface area contributed by atoms with Gasteiger partial charge >= 0.3 is 5.97 Å². The summed E-state index contributed by atoms with van der Waals surface area (Å²) in [5, 5.41) is 2.83. The molecule has 0 aliphatic carbocycles. The second kappa shape index (κ2) is 6.68. The molecule has 17 heavy (non-hydrogen) atoms. The Labute approximate surface area is 101 Å². The van der Waals surface area contributed by atoms with Crippen LogP contribution in [0.5, 0.6) is 0 Å². The molecule has 0 aliphatic rings. The predicted octanol–water partition coefficient (Wildman–Crippen LogP) is 1.82. The molecular formula is C13H17NO3. The molecule has 0 aromatic heterocycles. The van der Waals surface area contributed by atoms with Crippen LogP contribution in [0.1, 0.15) is 31.4 Å². The van der Waals surface area contributed by atoms with Crippen LogP contribution in [0.25, 0.3) is 0 Å². The molecule has 0 saturated carbocycles. The van der Waals surface area contributed by atoms with E-state index in [4.69, 9.17) is 0 Å². The minimum atomic E-state index is -0.368. The SMILES string of the molecule is COC(=O)CCC(=O)NC(C)c1ccccc1. The van der Waals surface area contributed by atoms with Gasteiger partial charge in [0.15, 0.2) is 0 Å². The summed E-state index contributed by atoms with van der Waals surface area (Å²) in [7, 11) is 1.31. The van der Waals surface area contributed by atoms with Crippen LogP contribution < -0.4 is 5.32 Å². The van der Waals surface area contributed by atoms with E-state index in [9.17, 15) is 9.59 Å². The van der Waals surface area contributed by atoms with Gasteiger partial charge in [-0.15, -0.1) is 0 Å². The monoisotopic (exact) mass is 235 g/mol. The lowest BCUT2D eigenvalue weighted by atomic mass is 10.1. The zero-order valence-corrected chi connectivity index (χ0v) is 10.1. The Morgan fingerprint density at radius 3 is 2.47 bits per heavy atom. The second-order valence-corrected chi connectivity index (χ2v) is 3.78. The van der Waals surface area contributed by atoms with E-state index in [0.717, 1.165) is 5.56 Å². The summed E-state index contributed by atoms with van der Waals surface area (Å²) in [5.41, 5.74) is 1.04. The molecule has 0 fully saturated rings. The molecule has 1 aromatic carbocycles. The van der Waals surface area contributed by atoms with E-state index in [0.29, 0.717) is 0 Å². The summed E-state index contributed by atoms with van der Waals surface area (Å²) in [5.74, 6) is -0.515. The van der Waals surface area contributed by atoms with Crippen molar-refractivity contribution in [1.82, 2.24) is 5.32 Å². The van der Waals surface area contributed by atoms with Gasteiger partial charge in [0, 0.05) is 6.42 Å². The number of rotatable bonds is 5. The maximum Gasteiger partial charge on any atom is 0.306 e. The molecule has 0 bridgehead atoms. The van der Waals surface area contributed by atoms with Crippen molar-refractivity contribution in [3.63, 3.8) is 0 Å². The predicted molar refractivity (Wildman–Crippen MR) is 64.2 cm³/mol. The normalized spacial score (nSPS) is 11.6. The largest absolute Gasteiger partial charge is 0.469 e. The Kier molecular flexibility index (Phi) is 5.20. The zero-order valence-electron chi connectivity index (χ0n) is 10.1. The minimum absolute atomic E-state index is 0.0543. The van der Waals surface area contributed by atoms with Crippen molar-refractivity contribution in [3.8, 4) is 0 Å². The van der Waals surface area contributed by atoms with Gasteiger partial charge in [-0.3, -0.25) is 9.59 Å². The fourth-order valence-electron chi connectivity index (χ4n) is 1.46. The number of nitrogens with one attached hydrogen (secondary N) is 1. The highest BCUT2D eigenvalue weighted by Gasteiger charge is 2.10. The number of carbonyl (C=O) groups is 2. The highest BCUT2D eigenvalue weighted by atomic mass is 16.5. The molecule has 4 heteroatoms. The summed E-state index contributed by atoms with van der Waals surface area (Å²) >= 11 is 0. The smallest absolute Gasteiger partial charge is 0.306 e. The fraction of sp³-hybridized carbons (Fsp3) is 0.385. The molecular weight excluding hydrogens is 218 g/mol. The van der Waals surface area contributed by atoms with Crippen molar-refractivity contribution < 1.29 is 14.3 Å². The Morgan fingerprint density at radius 2 is 1.88 bits per heavy atom. The van der Waals surface area contributed by atoms with Crippen molar-refractivity contribution >= 4 is 11.9 Å². The number of esters is 1. The molecule has 1 N–H and O–H groups in total. The van der Waals surface area contributed by atoms with Gasteiger partial charge in [-0.05, 0) is 12.5 Å². The van der Waals surface area contributed by atoms with Crippen molar-refractivity contribution in [2.45, 2.75) is 25.8 Å². The van der Waals surface area contributed by atoms with E-state index in [1.165, 1.54) is 7.11 Å². The van der Waals surface area contributed by atoms with Gasteiger partial charge in [-0.2, -0.15) is 0 Å². The minimum Gasteiger partial charge on any atom is -0.469 e. The lowest BCUT2D eigenvalue weighted by Crippen LogP contribution is -2.27. The standard InChI is InChI=1S/C13H17NO3/c1-10(11-6-4-3-5-7-11)14-12(15)8-9-13(16)17-2/h3-7,10H,8-9H2,1-2H3,(H,14,15). The van der Waals surface area contributed by atoms with E-state index < -0.39 is 0 Å². The fourth-order valence-corrected chi connectivity index (χ4v) is 1.46. The maximum atomic E-state index is 11.5. The first-order valence-corrected chi connectivity index (χ1v) is 5.54. The molecule has 1 unspecified atom stereocenters. The van der Waals surface area contributed by atoms with Crippen LogP contribution in [0.2, 0.25) is 0 Å². The van der Waals surface area contributed by atoms with Crippen molar-refractivity contribution in [1.29, 1.82) is 0 Å². The first-order valence-electron chi connectivity index (χ1n) is 5.54. The molecule has 1 amide bonds. The number of hydrogen-bond acceptors (Lipinski definition) is 3. The molecule has 0 heterocycles. The first-order chi connectivity index (χ1) is 8.13. The highest BCUT2D eigenvalue weighted by molar-refractivity contribution is 5.81. The number of hydrogen-bond donors (Lipinski definition) is 1. The van der Waals surface area contributed by atoms with Gasteiger partial charge in [0.05, 0.1) is 19.6 Å². The average Bonchev–Trinajstić information content (AvgIpc) is 2.36. The van der Waals surface area contributed by atoms with Crippen LogP contribution in [0.4, 0.5) is 0 Å². The Morgan fingerprint density at radius 1 is 1.24 bits per heavy atom. The average molecular weight is 235 g/mol. The summed E-state index contributed by atoms with van der Waals surface area (Å²) in [4.78, 5) is 22.4. The van der Waals surface area contributed by atoms with Gasteiger partial charge in [0.2, 0.25) is 5.91 Å². The van der Waals surface area contributed by atoms with Crippen molar-refractivity contribution in [2.24, 2.45) is 0 Å². The quantitative estimate of drug-likeness (QED) is 0.792. The van der Waals surface area contributed by atoms with Crippen LogP contribution in [-0.4, -0.2) is 19.0 Å². The third-order valence-electron chi connectivity index (χ3n) is 2.46. The van der Waals surface area contributed by atoms with Crippen molar-refractivity contribution in [2.75, 3.05) is 7.11 Å². The van der Waals surface area contributed by atoms with Crippen LogP contribution in [0, 0.1) is 0 Å². The van der Waals surface area contributed by atoms with E-state index in [1.807, 2.05) is 37.3 Å². The van der Waals surface area contributed by atoms with Gasteiger partial charge in [0.25, 0.3) is 0 Å². The molecule has 1 atom stereocenters. The number of benzene rings is 1. The van der Waals surface area contributed by atoms with Crippen LogP contribution in [0.15, 0.2) is 30.3 Å². The molecule has 0 radical (unpaired) electrons. The first kappa shape index (κ1) is 13.2. The van der Waals surface area contributed by atoms with E-state index in [1.54, 1.807) is 0 Å². The Balaban J connectivity index is 2.39. The van der Waals surface area contributed by atoms with Crippen molar-refractivity contribution in [3.05, 3.63) is 35.9 Å². The van der Waals surface area contributed by atoms with Gasteiger partial charge in [-0.1, -0.05) is 30.3 Å². The zero-order chi connectivity index (χ0) is 12.7. The van der Waals surface area contributed by atoms with E-state index in [2.05, 4.69) is 10.1 Å². The van der Waals surface area contributed by atoms with E-state index in [-0.39, 0.29) is 30.8 Å². The number of amides is 1. The van der Waals surface area contributed by atoms with Gasteiger partial charge in [0.1, 0.15) is 0 Å². The molecule has 1 aromatic rings.